The Kier molecular flexibility index (Phi) is 10.9. The van der Waals surface area contributed by atoms with Crippen LogP contribution < -0.4 is 18.9 Å². The van der Waals surface area contributed by atoms with Gasteiger partial charge in [0, 0.05) is 24.2 Å². The molecule has 0 N–H and O–H groups in total. The quantitative estimate of drug-likeness (QED) is 0.133. The molecule has 10 heteroatoms. The number of carbonyl (C=O) groups excluding carboxylic acids is 2. The van der Waals surface area contributed by atoms with Crippen LogP contribution in [-0.2, 0) is 19.1 Å². The molecule has 58 heavy (non-hydrogen) atoms. The Hall–Kier alpha value is -6.36. The molecule has 0 saturated carbocycles. The maximum Gasteiger partial charge on any atom is 0.266 e. The van der Waals surface area contributed by atoms with Gasteiger partial charge in [0.1, 0.15) is 48.3 Å². The van der Waals surface area contributed by atoms with Crippen LogP contribution in [-0.4, -0.2) is 86.6 Å². The summed E-state index contributed by atoms with van der Waals surface area (Å²) in [5.74, 6) is 2.36. The number of benzene rings is 6. The number of hydrogen-bond donors (Lipinski definition) is 0. The molecule has 0 aromatic heterocycles. The molecule has 3 aliphatic heterocycles. The minimum absolute atomic E-state index is 0.115. The van der Waals surface area contributed by atoms with E-state index in [9.17, 15) is 9.59 Å². The average molecular weight is 777 g/mol. The predicted molar refractivity (Wildman–Crippen MR) is 220 cm³/mol. The highest BCUT2D eigenvalue weighted by molar-refractivity contribution is 5.91. The summed E-state index contributed by atoms with van der Waals surface area (Å²) in [4.78, 5) is 31.0. The summed E-state index contributed by atoms with van der Waals surface area (Å²) in [7, 11) is 0. The van der Waals surface area contributed by atoms with Crippen LogP contribution in [0.2, 0.25) is 0 Å². The highest BCUT2D eigenvalue weighted by Gasteiger charge is 2.52. The van der Waals surface area contributed by atoms with Gasteiger partial charge in [0.15, 0.2) is 0 Å². The van der Waals surface area contributed by atoms with Crippen molar-refractivity contribution in [1.29, 1.82) is 0 Å². The first-order valence-electron chi connectivity index (χ1n) is 19.8. The molecule has 4 atom stereocenters. The first-order chi connectivity index (χ1) is 28.6. The van der Waals surface area contributed by atoms with E-state index in [0.29, 0.717) is 62.5 Å². The fraction of sp³-hybridized carbons (Fsp3) is 0.250. The topological polar surface area (TPSA) is 96.0 Å². The van der Waals surface area contributed by atoms with Crippen LogP contribution in [0.1, 0.15) is 23.2 Å². The number of fused-ring (bicyclic) bond motifs is 8. The highest BCUT2D eigenvalue weighted by Crippen LogP contribution is 2.43. The van der Waals surface area contributed by atoms with Crippen LogP contribution in [0.5, 0.6) is 23.0 Å². The third-order valence-electron chi connectivity index (χ3n) is 10.9. The predicted octanol–water partition coefficient (Wildman–Crippen LogP) is 7.72. The third-order valence-corrected chi connectivity index (χ3v) is 10.9. The number of hydrogen-bond acceptors (Lipinski definition) is 8. The molecular weight excluding hydrogens is 733 g/mol. The Balaban J connectivity index is 0.927. The van der Waals surface area contributed by atoms with Gasteiger partial charge >= 0.3 is 0 Å². The van der Waals surface area contributed by atoms with Gasteiger partial charge in [0.2, 0.25) is 12.2 Å². The van der Waals surface area contributed by atoms with E-state index in [0.717, 1.165) is 32.7 Å². The van der Waals surface area contributed by atoms with E-state index in [2.05, 4.69) is 0 Å². The standard InChI is InChI=1S/C48H44N2O8/c51-47-45(57-37-21-19-33-11-1-3-13-35(33)31-37)43-39-15-5-7-17-41(39)55-25-9-10-26-56-42-18-8-6-16-40(42)44-46(58-38-22-20-34-12-2-4-14-36(34)32-38)48(52)50(44)24-28-54-30-29-53-27-23-49(43)47/h1-22,31-32,43-46H,23-30H2/b10-9+/t43-,44?,45+,46?/m0/s1. The van der Waals surface area contributed by atoms with Crippen molar-refractivity contribution >= 4 is 33.4 Å². The molecule has 294 valence electrons. The Bertz CT molecular complexity index is 2280. The van der Waals surface area contributed by atoms with Crippen molar-refractivity contribution in [2.24, 2.45) is 0 Å². The van der Waals surface area contributed by atoms with E-state index >= 15 is 0 Å². The third kappa shape index (κ3) is 7.68. The Morgan fingerprint density at radius 3 is 1.34 bits per heavy atom. The summed E-state index contributed by atoms with van der Waals surface area (Å²) < 4.78 is 37.4. The van der Waals surface area contributed by atoms with Crippen molar-refractivity contribution in [3.8, 4) is 23.0 Å². The van der Waals surface area contributed by atoms with E-state index in [1.807, 2.05) is 146 Å². The van der Waals surface area contributed by atoms with Crippen LogP contribution in [0, 0.1) is 0 Å². The summed E-state index contributed by atoms with van der Waals surface area (Å²) in [5.41, 5.74) is 1.72. The zero-order valence-electron chi connectivity index (χ0n) is 32.0. The van der Waals surface area contributed by atoms with Crippen molar-refractivity contribution in [2.45, 2.75) is 24.3 Å². The molecule has 0 aliphatic carbocycles. The maximum absolute atomic E-state index is 13.7. The lowest BCUT2D eigenvalue weighted by Gasteiger charge is -2.47. The monoisotopic (exact) mass is 776 g/mol. The van der Waals surface area contributed by atoms with E-state index in [-0.39, 0.29) is 37.1 Å². The molecule has 9 rings (SSSR count). The number of β-lactam (4-membered cyclic amide) rings is 2. The number of para-hydroxylation sites is 2. The molecule has 0 bridgehead atoms. The first-order valence-corrected chi connectivity index (χ1v) is 19.8. The largest absolute Gasteiger partial charge is 0.489 e. The molecule has 3 heterocycles. The number of carbonyl (C=O) groups is 2. The molecule has 2 unspecified atom stereocenters. The zero-order chi connectivity index (χ0) is 39.3. The summed E-state index contributed by atoms with van der Waals surface area (Å²) in [6.07, 6.45) is 2.37. The molecule has 0 spiro atoms. The van der Waals surface area contributed by atoms with Gasteiger partial charge in [0.25, 0.3) is 11.8 Å². The molecule has 3 aliphatic rings. The number of ether oxygens (including phenoxy) is 6. The van der Waals surface area contributed by atoms with Gasteiger partial charge in [-0.1, -0.05) is 97.1 Å². The van der Waals surface area contributed by atoms with Gasteiger partial charge in [-0.05, 0) is 70.1 Å². The number of nitrogens with zero attached hydrogens (tertiary/aromatic N) is 2. The highest BCUT2D eigenvalue weighted by atomic mass is 16.5. The van der Waals surface area contributed by atoms with Gasteiger partial charge in [-0.25, -0.2) is 0 Å². The second-order valence-electron chi connectivity index (χ2n) is 14.4. The minimum atomic E-state index is -0.727. The van der Waals surface area contributed by atoms with Crippen LogP contribution in [0.4, 0.5) is 0 Å². The van der Waals surface area contributed by atoms with Gasteiger partial charge in [0.05, 0.1) is 26.4 Å². The van der Waals surface area contributed by atoms with E-state index in [1.54, 1.807) is 9.80 Å². The molecule has 2 amide bonds. The summed E-state index contributed by atoms with van der Waals surface area (Å²) in [6.45, 7) is 2.61. The smallest absolute Gasteiger partial charge is 0.266 e. The SMILES string of the molecule is O=C1C(Oc2ccc3ccccc3c2)C2c3ccccc3OC/C=C/COc3ccccc3[C@H]3[C@@H](Oc4ccc5ccccc5c4)C(=O)N3CCOCCOCCN12. The van der Waals surface area contributed by atoms with Gasteiger partial charge < -0.3 is 38.2 Å². The van der Waals surface area contributed by atoms with Crippen molar-refractivity contribution in [3.63, 3.8) is 0 Å². The fourth-order valence-corrected chi connectivity index (χ4v) is 7.97. The van der Waals surface area contributed by atoms with E-state index < -0.39 is 12.2 Å². The maximum atomic E-state index is 13.7. The molecule has 2 fully saturated rings. The second kappa shape index (κ2) is 17.0. The van der Waals surface area contributed by atoms with Crippen molar-refractivity contribution in [3.05, 3.63) is 157 Å². The van der Waals surface area contributed by atoms with Crippen molar-refractivity contribution in [1.82, 2.24) is 9.80 Å². The lowest BCUT2D eigenvalue weighted by atomic mass is 9.89. The zero-order valence-corrected chi connectivity index (χ0v) is 32.0. The second-order valence-corrected chi connectivity index (χ2v) is 14.4. The Morgan fingerprint density at radius 2 is 0.879 bits per heavy atom. The molecule has 2 saturated heterocycles. The summed E-state index contributed by atoms with van der Waals surface area (Å²) in [6, 6.07) is 42.6. The Morgan fingerprint density at radius 1 is 0.466 bits per heavy atom. The van der Waals surface area contributed by atoms with E-state index in [1.165, 1.54) is 0 Å². The van der Waals surface area contributed by atoms with E-state index in [4.69, 9.17) is 28.4 Å². The lowest BCUT2D eigenvalue weighted by Crippen LogP contribution is -2.62. The average Bonchev–Trinajstić information content (AvgIpc) is 3.26. The molecule has 6 aromatic carbocycles. The Labute approximate surface area is 337 Å². The van der Waals surface area contributed by atoms with Crippen LogP contribution in [0.15, 0.2) is 146 Å². The van der Waals surface area contributed by atoms with Crippen LogP contribution in [0.3, 0.4) is 0 Å². The molecular formula is C48H44N2O8. The summed E-state index contributed by atoms with van der Waals surface area (Å²) in [5, 5.41) is 4.27. The minimum Gasteiger partial charge on any atom is -0.489 e. The summed E-state index contributed by atoms with van der Waals surface area (Å²) >= 11 is 0. The first kappa shape index (κ1) is 37.2. The molecule has 6 aromatic rings. The normalized spacial score (nSPS) is 22.2. The number of amides is 2. The van der Waals surface area contributed by atoms with Crippen LogP contribution >= 0.6 is 0 Å². The van der Waals surface area contributed by atoms with Crippen LogP contribution in [0.25, 0.3) is 21.5 Å². The molecule has 0 radical (unpaired) electrons. The van der Waals surface area contributed by atoms with Gasteiger partial charge in [-0.15, -0.1) is 0 Å². The van der Waals surface area contributed by atoms with Crippen molar-refractivity contribution in [2.75, 3.05) is 52.7 Å². The van der Waals surface area contributed by atoms with Crippen molar-refractivity contribution < 1.29 is 38.0 Å². The lowest BCUT2D eigenvalue weighted by molar-refractivity contribution is -0.166. The molecule has 10 nitrogen and oxygen atoms in total. The fourth-order valence-electron chi connectivity index (χ4n) is 7.97. The van der Waals surface area contributed by atoms with Gasteiger partial charge in [-0.2, -0.15) is 0 Å². The number of rotatable bonds is 4. The van der Waals surface area contributed by atoms with Gasteiger partial charge in [-0.3, -0.25) is 9.59 Å².